The highest BCUT2D eigenvalue weighted by molar-refractivity contribution is 5.85. The average molecular weight is 540 g/mol. The molecule has 4 nitrogen and oxygen atoms in total. The van der Waals surface area contributed by atoms with Crippen molar-refractivity contribution in [1.82, 2.24) is 15.5 Å². The van der Waals surface area contributed by atoms with Crippen LogP contribution in [0, 0.1) is 17.8 Å². The molecule has 0 bridgehead atoms. The number of rotatable bonds is 14. The number of hydrogen-bond acceptors (Lipinski definition) is 3. The molecule has 1 saturated heterocycles. The molecule has 2 aromatic carbocycles. The maximum Gasteiger partial charge on any atom is 0.226 e. The molecular weight excluding hydrogens is 490 g/mol. The van der Waals surface area contributed by atoms with Gasteiger partial charge in [0.1, 0.15) is 0 Å². The smallest absolute Gasteiger partial charge is 0.226 e. The number of nitrogens with one attached hydrogen (secondary N) is 2. The number of carbonyl (C=O) groups excluding carboxylic acids is 1. The van der Waals surface area contributed by atoms with E-state index in [2.05, 4.69) is 64.1 Å². The monoisotopic (exact) mass is 539 g/mol. The second kappa shape index (κ2) is 17.7. The van der Waals surface area contributed by atoms with Crippen LogP contribution in [-0.2, 0) is 17.6 Å². The van der Waals surface area contributed by atoms with Gasteiger partial charge in [0.25, 0.3) is 0 Å². The Morgan fingerprint density at radius 3 is 1.68 bits per heavy atom. The molecule has 1 saturated carbocycles. The van der Waals surface area contributed by atoms with Crippen molar-refractivity contribution in [2.45, 2.75) is 70.6 Å². The molecule has 0 radical (unpaired) electrons. The summed E-state index contributed by atoms with van der Waals surface area (Å²) in [6, 6.07) is 21.0. The van der Waals surface area contributed by atoms with Gasteiger partial charge in [-0.05, 0) is 101 Å². The third kappa shape index (κ3) is 10.7. The van der Waals surface area contributed by atoms with Crippen LogP contribution in [0.15, 0.2) is 60.7 Å². The Labute approximate surface area is 237 Å². The van der Waals surface area contributed by atoms with Gasteiger partial charge >= 0.3 is 0 Å². The number of carbonyl (C=O) groups is 1. The highest BCUT2D eigenvalue weighted by Gasteiger charge is 2.28. The fourth-order valence-electron chi connectivity index (χ4n) is 6.16. The number of likely N-dealkylation sites (tertiary alicyclic amines) is 1. The number of hydrogen-bond donors (Lipinski definition) is 2. The summed E-state index contributed by atoms with van der Waals surface area (Å²) in [4.78, 5) is 15.7. The fraction of sp³-hybridized carbons (Fsp3) is 0.606. The summed E-state index contributed by atoms with van der Waals surface area (Å²) in [5.41, 5.74) is 2.50. The largest absolute Gasteiger partial charge is 0.342 e. The number of halogens is 1. The van der Waals surface area contributed by atoms with Gasteiger partial charge in [0, 0.05) is 19.0 Å². The zero-order chi connectivity index (χ0) is 25.5. The van der Waals surface area contributed by atoms with Crippen molar-refractivity contribution in [1.29, 1.82) is 0 Å². The van der Waals surface area contributed by atoms with Gasteiger partial charge in [-0.2, -0.15) is 0 Å². The van der Waals surface area contributed by atoms with E-state index in [9.17, 15) is 4.79 Å². The molecule has 2 N–H and O–H groups in total. The van der Waals surface area contributed by atoms with Crippen molar-refractivity contribution in [2.75, 3.05) is 39.3 Å². The second-order valence-corrected chi connectivity index (χ2v) is 11.5. The number of piperidine rings is 1. The van der Waals surface area contributed by atoms with Crippen LogP contribution in [0.2, 0.25) is 0 Å². The van der Waals surface area contributed by atoms with Gasteiger partial charge in [0.15, 0.2) is 0 Å². The molecule has 1 aliphatic heterocycles. The minimum atomic E-state index is 0. The van der Waals surface area contributed by atoms with Crippen LogP contribution in [0.3, 0.4) is 0 Å². The van der Waals surface area contributed by atoms with Crippen molar-refractivity contribution >= 4 is 18.3 Å². The van der Waals surface area contributed by atoms with Gasteiger partial charge in [-0.3, -0.25) is 4.79 Å². The van der Waals surface area contributed by atoms with Gasteiger partial charge < -0.3 is 15.5 Å². The zero-order valence-electron chi connectivity index (χ0n) is 23.3. The number of benzene rings is 2. The SMILES string of the molecule is Cl.O=C(C(Cc1ccccc1)Cc1ccccc1)N1CCC(CNCCCCNCC2CCCCC2)CC1. The topological polar surface area (TPSA) is 44.4 Å². The molecule has 38 heavy (non-hydrogen) atoms. The molecule has 0 atom stereocenters. The Morgan fingerprint density at radius 1 is 0.711 bits per heavy atom. The third-order valence-corrected chi connectivity index (χ3v) is 8.47. The summed E-state index contributed by atoms with van der Waals surface area (Å²) < 4.78 is 0. The van der Waals surface area contributed by atoms with E-state index >= 15 is 0 Å². The molecule has 0 aromatic heterocycles. The molecule has 2 aromatic rings. The van der Waals surface area contributed by atoms with Crippen LogP contribution < -0.4 is 10.6 Å². The normalized spacial score (nSPS) is 16.9. The van der Waals surface area contributed by atoms with E-state index in [4.69, 9.17) is 0 Å². The standard InChI is InChI=1S/C33H49N3O.ClH/c37-33(32(24-28-12-4-1-5-13-28)25-29-14-6-2-7-15-29)36-22-18-31(19-23-36)27-35-21-11-10-20-34-26-30-16-8-3-9-17-30;/h1-2,4-7,12-15,30-32,34-35H,3,8-11,16-27H2;1H. The first kappa shape index (κ1) is 30.7. The Bertz CT molecular complexity index is 838. The van der Waals surface area contributed by atoms with Crippen LogP contribution in [-0.4, -0.2) is 50.1 Å². The van der Waals surface area contributed by atoms with E-state index in [0.717, 1.165) is 64.3 Å². The van der Waals surface area contributed by atoms with Gasteiger partial charge in [-0.15, -0.1) is 12.4 Å². The lowest BCUT2D eigenvalue weighted by molar-refractivity contribution is -0.136. The average Bonchev–Trinajstić information content (AvgIpc) is 2.96. The summed E-state index contributed by atoms with van der Waals surface area (Å²) in [7, 11) is 0. The number of amides is 1. The third-order valence-electron chi connectivity index (χ3n) is 8.47. The van der Waals surface area contributed by atoms with Crippen molar-refractivity contribution in [3.63, 3.8) is 0 Å². The molecule has 1 heterocycles. The zero-order valence-corrected chi connectivity index (χ0v) is 24.1. The molecule has 2 fully saturated rings. The molecule has 5 heteroatoms. The van der Waals surface area contributed by atoms with E-state index in [1.54, 1.807) is 0 Å². The Kier molecular flexibility index (Phi) is 14.2. The first-order chi connectivity index (χ1) is 18.3. The van der Waals surface area contributed by atoms with Gasteiger partial charge in [0.05, 0.1) is 0 Å². The van der Waals surface area contributed by atoms with Gasteiger partial charge in [-0.25, -0.2) is 0 Å². The van der Waals surface area contributed by atoms with Crippen molar-refractivity contribution in [2.24, 2.45) is 17.8 Å². The van der Waals surface area contributed by atoms with E-state index in [1.165, 1.54) is 62.6 Å². The summed E-state index contributed by atoms with van der Waals surface area (Å²) in [5.74, 6) is 1.96. The summed E-state index contributed by atoms with van der Waals surface area (Å²) in [6.45, 7) is 6.39. The summed E-state index contributed by atoms with van der Waals surface area (Å²) in [6.07, 6.45) is 13.5. The maximum atomic E-state index is 13.6. The van der Waals surface area contributed by atoms with E-state index in [1.807, 2.05) is 12.1 Å². The Hall–Kier alpha value is -1.88. The lowest BCUT2D eigenvalue weighted by atomic mass is 9.89. The fourth-order valence-corrected chi connectivity index (χ4v) is 6.16. The van der Waals surface area contributed by atoms with Crippen molar-refractivity contribution < 1.29 is 4.79 Å². The van der Waals surface area contributed by atoms with Crippen LogP contribution >= 0.6 is 12.4 Å². The number of unbranched alkanes of at least 4 members (excludes halogenated alkanes) is 1. The van der Waals surface area contributed by atoms with Crippen LogP contribution in [0.4, 0.5) is 0 Å². The van der Waals surface area contributed by atoms with Crippen LogP contribution in [0.5, 0.6) is 0 Å². The summed E-state index contributed by atoms with van der Waals surface area (Å²) in [5, 5.41) is 7.38. The van der Waals surface area contributed by atoms with Crippen molar-refractivity contribution in [3.05, 3.63) is 71.8 Å². The minimum Gasteiger partial charge on any atom is -0.342 e. The molecule has 1 aliphatic carbocycles. The Balaban J connectivity index is 0.00000400. The molecule has 0 unspecified atom stereocenters. The maximum absolute atomic E-state index is 13.6. The summed E-state index contributed by atoms with van der Waals surface area (Å²) >= 11 is 0. The quantitative estimate of drug-likeness (QED) is 0.277. The predicted octanol–water partition coefficient (Wildman–Crippen LogP) is 6.29. The second-order valence-electron chi connectivity index (χ2n) is 11.5. The van der Waals surface area contributed by atoms with Crippen LogP contribution in [0.1, 0.15) is 68.9 Å². The van der Waals surface area contributed by atoms with E-state index in [0.29, 0.717) is 11.8 Å². The van der Waals surface area contributed by atoms with Gasteiger partial charge in [-0.1, -0.05) is 79.9 Å². The minimum absolute atomic E-state index is 0. The van der Waals surface area contributed by atoms with Crippen molar-refractivity contribution in [3.8, 4) is 0 Å². The number of nitrogens with zero attached hydrogens (tertiary/aromatic N) is 1. The van der Waals surface area contributed by atoms with Crippen LogP contribution in [0.25, 0.3) is 0 Å². The molecule has 2 aliphatic rings. The predicted molar refractivity (Wildman–Crippen MR) is 162 cm³/mol. The molecule has 1 amide bonds. The molecule has 4 rings (SSSR count). The highest BCUT2D eigenvalue weighted by atomic mass is 35.5. The lowest BCUT2D eigenvalue weighted by Crippen LogP contribution is -2.44. The lowest BCUT2D eigenvalue weighted by Gasteiger charge is -2.34. The highest BCUT2D eigenvalue weighted by Crippen LogP contribution is 2.23. The molecule has 0 spiro atoms. The molecule has 210 valence electrons. The van der Waals surface area contributed by atoms with E-state index < -0.39 is 0 Å². The first-order valence-corrected chi connectivity index (χ1v) is 15.1. The van der Waals surface area contributed by atoms with E-state index in [-0.39, 0.29) is 18.3 Å². The Morgan fingerprint density at radius 2 is 1.18 bits per heavy atom. The van der Waals surface area contributed by atoms with Gasteiger partial charge in [0.2, 0.25) is 5.91 Å². The first-order valence-electron chi connectivity index (χ1n) is 15.1. The molecular formula is C33H50ClN3O.